The van der Waals surface area contributed by atoms with Gasteiger partial charge in [0.1, 0.15) is 9.62 Å². The van der Waals surface area contributed by atoms with Crippen molar-refractivity contribution in [2.24, 2.45) is 5.41 Å². The van der Waals surface area contributed by atoms with Crippen molar-refractivity contribution in [3.05, 3.63) is 23.0 Å². The van der Waals surface area contributed by atoms with Crippen LogP contribution in [0.3, 0.4) is 0 Å². The molecular weight excluding hydrogens is 352 g/mol. The highest BCUT2D eigenvalue weighted by Gasteiger charge is 2.45. The molecule has 0 saturated heterocycles. The molecule has 2 atom stereocenters. The van der Waals surface area contributed by atoms with Crippen LogP contribution in [0.4, 0.5) is 0 Å². The minimum Gasteiger partial charge on any atom is -0.598 e. The fourth-order valence-corrected chi connectivity index (χ4v) is 3.37. The van der Waals surface area contributed by atoms with E-state index in [9.17, 15) is 4.55 Å². The van der Waals surface area contributed by atoms with E-state index in [0.29, 0.717) is 17.3 Å². The summed E-state index contributed by atoms with van der Waals surface area (Å²) in [6.45, 7) is 12.0. The number of ether oxygens (including phenoxy) is 1. The molecule has 0 aromatic carbocycles. The standard InChI is InChI=1S/C16H27ClN2O2S2/c1-14(2,3)16(22,19-23(20)15(4,5)6)9-11-8-12(21-7)13(17)18-10-11/h8,10,19,22H,9H2,1-7H3/t16-,23+/m0/s1. The van der Waals surface area contributed by atoms with Crippen molar-refractivity contribution >= 4 is 35.6 Å². The lowest BCUT2D eigenvalue weighted by Crippen LogP contribution is -2.57. The third-order valence-electron chi connectivity index (χ3n) is 3.60. The summed E-state index contributed by atoms with van der Waals surface area (Å²) in [6.07, 6.45) is 2.23. The number of pyridine rings is 1. The topological polar surface area (TPSA) is 57.2 Å². The van der Waals surface area contributed by atoms with Crippen molar-refractivity contribution in [3.63, 3.8) is 0 Å². The number of hydrogen-bond donors (Lipinski definition) is 2. The lowest BCUT2D eigenvalue weighted by Gasteiger charge is -2.42. The molecule has 0 aliphatic heterocycles. The highest BCUT2D eigenvalue weighted by atomic mass is 35.5. The molecule has 0 saturated carbocycles. The van der Waals surface area contributed by atoms with Crippen LogP contribution < -0.4 is 9.46 Å². The van der Waals surface area contributed by atoms with Crippen LogP contribution in [0.2, 0.25) is 5.15 Å². The summed E-state index contributed by atoms with van der Waals surface area (Å²) in [5, 5.41) is 0.322. The Hall–Kier alpha value is -0.140. The monoisotopic (exact) mass is 378 g/mol. The number of halogens is 1. The Morgan fingerprint density at radius 1 is 1.30 bits per heavy atom. The summed E-state index contributed by atoms with van der Waals surface area (Å²) < 4.78 is 20.6. The molecule has 0 radical (unpaired) electrons. The van der Waals surface area contributed by atoms with E-state index < -0.39 is 16.2 Å². The predicted molar refractivity (Wildman–Crippen MR) is 102 cm³/mol. The SMILES string of the molecule is COc1cc(C[C@@](S)(N[S@+]([O-])C(C)(C)C)C(C)(C)C)cnc1Cl. The molecule has 0 bridgehead atoms. The third-order valence-corrected chi connectivity index (χ3v) is 6.62. The van der Waals surface area contributed by atoms with Crippen molar-refractivity contribution in [2.45, 2.75) is 57.6 Å². The molecule has 0 aliphatic rings. The summed E-state index contributed by atoms with van der Waals surface area (Å²) in [7, 11) is 1.55. The zero-order valence-electron chi connectivity index (χ0n) is 14.9. The average molecular weight is 379 g/mol. The number of nitrogens with one attached hydrogen (secondary N) is 1. The van der Waals surface area contributed by atoms with Crippen LogP contribution in [0, 0.1) is 5.41 Å². The van der Waals surface area contributed by atoms with Gasteiger partial charge in [0.25, 0.3) is 0 Å². The summed E-state index contributed by atoms with van der Waals surface area (Å²) in [5.41, 5.74) is 0.666. The van der Waals surface area contributed by atoms with Crippen LogP contribution in [0.25, 0.3) is 0 Å². The number of methoxy groups -OCH3 is 1. The van der Waals surface area contributed by atoms with Crippen molar-refractivity contribution in [3.8, 4) is 5.75 Å². The molecule has 1 rings (SSSR count). The second kappa shape index (κ2) is 7.40. The van der Waals surface area contributed by atoms with Crippen LogP contribution >= 0.6 is 24.2 Å². The highest BCUT2D eigenvalue weighted by Crippen LogP contribution is 2.39. The number of hydrogen-bond acceptors (Lipinski definition) is 5. The van der Waals surface area contributed by atoms with Gasteiger partial charge in [-0.2, -0.15) is 12.6 Å². The lowest BCUT2D eigenvalue weighted by atomic mass is 9.83. The van der Waals surface area contributed by atoms with Gasteiger partial charge in [0.15, 0.2) is 10.9 Å². The maximum Gasteiger partial charge on any atom is 0.171 e. The average Bonchev–Trinajstić information content (AvgIpc) is 2.38. The largest absolute Gasteiger partial charge is 0.598 e. The quantitative estimate of drug-likeness (QED) is 0.352. The van der Waals surface area contributed by atoms with Crippen molar-refractivity contribution in [1.29, 1.82) is 0 Å². The molecule has 1 N–H and O–H groups in total. The molecule has 1 heterocycles. The van der Waals surface area contributed by atoms with E-state index in [0.717, 1.165) is 5.56 Å². The van der Waals surface area contributed by atoms with Crippen LogP contribution in [0.15, 0.2) is 12.3 Å². The molecule has 132 valence electrons. The fourth-order valence-electron chi connectivity index (χ4n) is 1.76. The van der Waals surface area contributed by atoms with Crippen molar-refractivity contribution < 1.29 is 9.29 Å². The minimum absolute atomic E-state index is 0.246. The zero-order valence-corrected chi connectivity index (χ0v) is 17.3. The molecule has 0 spiro atoms. The first kappa shape index (κ1) is 20.9. The van der Waals surface area contributed by atoms with Gasteiger partial charge in [0.05, 0.1) is 7.11 Å². The van der Waals surface area contributed by atoms with Crippen LogP contribution in [0.5, 0.6) is 5.75 Å². The first-order valence-corrected chi connectivity index (χ1v) is 9.38. The summed E-state index contributed by atoms with van der Waals surface area (Å²) >= 11 is 9.61. The Morgan fingerprint density at radius 2 is 1.87 bits per heavy atom. The molecule has 0 aliphatic carbocycles. The van der Waals surface area contributed by atoms with Gasteiger partial charge in [-0.1, -0.05) is 32.4 Å². The Morgan fingerprint density at radius 3 is 2.30 bits per heavy atom. The Bertz CT molecular complexity index is 544. The van der Waals surface area contributed by atoms with Gasteiger partial charge in [-0.25, -0.2) is 4.98 Å². The molecule has 7 heteroatoms. The van der Waals surface area contributed by atoms with Crippen LogP contribution in [-0.2, 0) is 17.8 Å². The van der Waals surface area contributed by atoms with E-state index in [1.807, 2.05) is 26.8 Å². The van der Waals surface area contributed by atoms with E-state index >= 15 is 0 Å². The zero-order chi connectivity index (χ0) is 18.1. The van der Waals surface area contributed by atoms with Gasteiger partial charge in [-0.15, -0.1) is 4.72 Å². The van der Waals surface area contributed by atoms with Gasteiger partial charge >= 0.3 is 0 Å². The van der Waals surface area contributed by atoms with Gasteiger partial charge < -0.3 is 9.29 Å². The van der Waals surface area contributed by atoms with Gasteiger partial charge in [0, 0.05) is 24.0 Å². The fraction of sp³-hybridized carbons (Fsp3) is 0.688. The van der Waals surface area contributed by atoms with E-state index in [1.165, 1.54) is 0 Å². The molecule has 1 aromatic heterocycles. The normalized spacial score (nSPS) is 16.8. The molecular formula is C16H27ClN2O2S2. The van der Waals surface area contributed by atoms with Gasteiger partial charge in [-0.3, -0.25) is 0 Å². The highest BCUT2D eigenvalue weighted by molar-refractivity contribution is 7.92. The van der Waals surface area contributed by atoms with Crippen LogP contribution in [-0.4, -0.2) is 26.3 Å². The Balaban J connectivity index is 3.13. The molecule has 4 nitrogen and oxygen atoms in total. The molecule has 0 unspecified atom stereocenters. The molecule has 23 heavy (non-hydrogen) atoms. The Kier molecular flexibility index (Phi) is 6.72. The maximum atomic E-state index is 12.6. The van der Waals surface area contributed by atoms with Crippen molar-refractivity contribution in [1.82, 2.24) is 9.71 Å². The smallest absolute Gasteiger partial charge is 0.171 e. The van der Waals surface area contributed by atoms with E-state index in [-0.39, 0.29) is 10.2 Å². The summed E-state index contributed by atoms with van der Waals surface area (Å²) in [6, 6.07) is 1.84. The Labute approximate surface area is 153 Å². The van der Waals surface area contributed by atoms with E-state index in [4.69, 9.17) is 29.0 Å². The third kappa shape index (κ3) is 5.43. The van der Waals surface area contributed by atoms with E-state index in [1.54, 1.807) is 13.3 Å². The summed E-state index contributed by atoms with van der Waals surface area (Å²) in [5.74, 6) is 0.519. The number of thiol groups is 1. The molecule has 1 aromatic rings. The number of aromatic nitrogens is 1. The second-order valence-electron chi connectivity index (χ2n) is 7.61. The van der Waals surface area contributed by atoms with Gasteiger partial charge in [0.2, 0.25) is 0 Å². The number of rotatable bonds is 5. The first-order valence-electron chi connectivity index (χ1n) is 7.40. The summed E-state index contributed by atoms with van der Waals surface area (Å²) in [4.78, 5) is 3.46. The first-order chi connectivity index (χ1) is 10.3. The molecule has 0 fully saturated rings. The van der Waals surface area contributed by atoms with Crippen LogP contribution in [0.1, 0.15) is 47.1 Å². The number of nitrogens with zero attached hydrogens (tertiary/aromatic N) is 1. The van der Waals surface area contributed by atoms with Gasteiger partial charge in [-0.05, 0) is 37.8 Å². The predicted octanol–water partition coefficient (Wildman–Crippen LogP) is 4.01. The lowest BCUT2D eigenvalue weighted by molar-refractivity contribution is 0.263. The minimum atomic E-state index is -1.24. The molecule has 0 amide bonds. The second-order valence-corrected chi connectivity index (χ2v) is 10.7. The van der Waals surface area contributed by atoms with E-state index in [2.05, 4.69) is 30.5 Å². The van der Waals surface area contributed by atoms with Crippen molar-refractivity contribution in [2.75, 3.05) is 7.11 Å². The maximum absolute atomic E-state index is 12.6.